The molecule has 26 heavy (non-hydrogen) atoms. The number of carbonyl (C=O) groups is 2. The average Bonchev–Trinajstić information content (AvgIpc) is 2.94. The first-order valence-electron chi connectivity index (χ1n) is 8.45. The van der Waals surface area contributed by atoms with Crippen LogP contribution in [0.5, 0.6) is 0 Å². The lowest BCUT2D eigenvalue weighted by atomic mass is 9.95. The van der Waals surface area contributed by atoms with Gasteiger partial charge in [0.15, 0.2) is 9.84 Å². The molecular formula is C17H21FN2O5S. The van der Waals surface area contributed by atoms with Crippen molar-refractivity contribution >= 4 is 27.4 Å². The summed E-state index contributed by atoms with van der Waals surface area (Å²) in [5.74, 6) is -1.68. The third-order valence-electron chi connectivity index (χ3n) is 4.70. The molecule has 1 N–H and O–H groups in total. The molecule has 0 spiro atoms. The van der Waals surface area contributed by atoms with Crippen LogP contribution in [0.1, 0.15) is 24.8 Å². The molecule has 1 aromatic carbocycles. The number of nitrogens with zero attached hydrogens (tertiary/aromatic N) is 1. The van der Waals surface area contributed by atoms with Crippen LogP contribution in [0.25, 0.3) is 0 Å². The molecule has 2 aliphatic rings. The predicted molar refractivity (Wildman–Crippen MR) is 93.2 cm³/mol. The van der Waals surface area contributed by atoms with Gasteiger partial charge < -0.3 is 15.0 Å². The first-order chi connectivity index (χ1) is 12.2. The quantitative estimate of drug-likeness (QED) is 0.764. The fourth-order valence-electron chi connectivity index (χ4n) is 3.26. The van der Waals surface area contributed by atoms with Crippen LogP contribution in [-0.4, -0.2) is 57.5 Å². The van der Waals surface area contributed by atoms with E-state index in [-0.39, 0.29) is 37.0 Å². The van der Waals surface area contributed by atoms with Gasteiger partial charge in [0.25, 0.3) is 0 Å². The molecule has 2 saturated heterocycles. The molecule has 1 amide bonds. The molecule has 2 fully saturated rings. The van der Waals surface area contributed by atoms with Crippen LogP contribution in [-0.2, 0) is 24.2 Å². The topological polar surface area (TPSA) is 92.8 Å². The number of hydrogen-bond acceptors (Lipinski definition) is 6. The van der Waals surface area contributed by atoms with Gasteiger partial charge >= 0.3 is 5.97 Å². The number of hydrogen-bond donors (Lipinski definition) is 1. The SMILES string of the molecule is CC(=O)NCC1C[C@H](c2ccc(N3CCS(=O)(=O)CC3)c(F)c2)C(=O)O1. The molecule has 0 aliphatic carbocycles. The van der Waals surface area contributed by atoms with Crippen molar-refractivity contribution in [3.8, 4) is 0 Å². The maximum atomic E-state index is 14.6. The normalized spacial score (nSPS) is 25.0. The zero-order valence-corrected chi connectivity index (χ0v) is 15.2. The van der Waals surface area contributed by atoms with Gasteiger partial charge in [0.1, 0.15) is 11.9 Å². The van der Waals surface area contributed by atoms with Crippen molar-refractivity contribution < 1.29 is 27.1 Å². The summed E-state index contributed by atoms with van der Waals surface area (Å²) in [5, 5.41) is 2.60. The van der Waals surface area contributed by atoms with E-state index in [1.54, 1.807) is 17.0 Å². The van der Waals surface area contributed by atoms with Gasteiger partial charge in [-0.2, -0.15) is 0 Å². The van der Waals surface area contributed by atoms with E-state index < -0.39 is 33.6 Å². The molecule has 1 aromatic rings. The number of rotatable bonds is 4. The van der Waals surface area contributed by atoms with Gasteiger partial charge in [-0.3, -0.25) is 9.59 Å². The molecule has 1 unspecified atom stereocenters. The van der Waals surface area contributed by atoms with E-state index in [4.69, 9.17) is 4.74 Å². The first kappa shape index (κ1) is 18.6. The van der Waals surface area contributed by atoms with Crippen molar-refractivity contribution in [2.45, 2.75) is 25.4 Å². The summed E-state index contributed by atoms with van der Waals surface area (Å²) in [6.45, 7) is 2.13. The number of carbonyl (C=O) groups excluding carboxylic acids is 2. The van der Waals surface area contributed by atoms with Crippen molar-refractivity contribution in [3.05, 3.63) is 29.6 Å². The van der Waals surface area contributed by atoms with Crippen LogP contribution in [0, 0.1) is 5.82 Å². The number of halogens is 1. The molecule has 2 heterocycles. The number of benzene rings is 1. The second-order valence-electron chi connectivity index (χ2n) is 6.63. The number of amides is 1. The van der Waals surface area contributed by atoms with E-state index in [9.17, 15) is 22.4 Å². The van der Waals surface area contributed by atoms with Crippen LogP contribution in [0.15, 0.2) is 18.2 Å². The molecular weight excluding hydrogens is 363 g/mol. The van der Waals surface area contributed by atoms with Gasteiger partial charge in [-0.05, 0) is 17.7 Å². The van der Waals surface area contributed by atoms with Crippen molar-refractivity contribution in [3.63, 3.8) is 0 Å². The van der Waals surface area contributed by atoms with E-state index in [1.807, 2.05) is 0 Å². The van der Waals surface area contributed by atoms with Crippen molar-refractivity contribution in [1.82, 2.24) is 5.32 Å². The van der Waals surface area contributed by atoms with Crippen LogP contribution >= 0.6 is 0 Å². The van der Waals surface area contributed by atoms with Crippen LogP contribution < -0.4 is 10.2 Å². The monoisotopic (exact) mass is 384 g/mol. The summed E-state index contributed by atoms with van der Waals surface area (Å²) in [6, 6.07) is 4.57. The lowest BCUT2D eigenvalue weighted by Crippen LogP contribution is -2.40. The Labute approximate surface area is 151 Å². The van der Waals surface area contributed by atoms with E-state index in [0.29, 0.717) is 17.7 Å². The highest BCUT2D eigenvalue weighted by atomic mass is 32.2. The minimum Gasteiger partial charge on any atom is -0.460 e. The average molecular weight is 384 g/mol. The van der Waals surface area contributed by atoms with Gasteiger partial charge in [-0.1, -0.05) is 6.07 Å². The molecule has 0 radical (unpaired) electrons. The van der Waals surface area contributed by atoms with Gasteiger partial charge in [-0.15, -0.1) is 0 Å². The number of cyclic esters (lactones) is 1. The van der Waals surface area contributed by atoms with Gasteiger partial charge in [0.05, 0.1) is 29.7 Å². The number of nitrogens with one attached hydrogen (secondary N) is 1. The molecule has 2 aliphatic heterocycles. The zero-order valence-electron chi connectivity index (χ0n) is 14.4. The minimum absolute atomic E-state index is 0.00791. The highest BCUT2D eigenvalue weighted by Crippen LogP contribution is 2.33. The van der Waals surface area contributed by atoms with Crippen molar-refractivity contribution in [1.29, 1.82) is 0 Å². The van der Waals surface area contributed by atoms with E-state index in [1.165, 1.54) is 13.0 Å². The fraction of sp³-hybridized carbons (Fsp3) is 0.529. The summed E-state index contributed by atoms with van der Waals surface area (Å²) in [4.78, 5) is 24.7. The maximum absolute atomic E-state index is 14.6. The predicted octanol–water partition coefficient (Wildman–Crippen LogP) is 0.596. The van der Waals surface area contributed by atoms with Crippen molar-refractivity contribution in [2.75, 3.05) is 36.0 Å². The van der Waals surface area contributed by atoms with E-state index >= 15 is 0 Å². The van der Waals surface area contributed by atoms with Gasteiger partial charge in [-0.25, -0.2) is 12.8 Å². The third-order valence-corrected chi connectivity index (χ3v) is 6.31. The van der Waals surface area contributed by atoms with Gasteiger partial charge in [0, 0.05) is 26.4 Å². The standard InChI is InChI=1S/C17H21FN2O5S/c1-11(21)19-10-13-9-14(17(22)25-13)12-2-3-16(15(18)8-12)20-4-6-26(23,24)7-5-20/h2-3,8,13-14H,4-7,9-10H2,1H3,(H,19,21)/t13?,14-/m1/s1. The highest BCUT2D eigenvalue weighted by molar-refractivity contribution is 7.91. The molecule has 0 bridgehead atoms. The third kappa shape index (κ3) is 4.14. The number of esters is 1. The Bertz CT molecular complexity index is 812. The lowest BCUT2D eigenvalue weighted by molar-refractivity contribution is -0.142. The Morgan fingerprint density at radius 2 is 2.04 bits per heavy atom. The minimum atomic E-state index is -3.04. The summed E-state index contributed by atoms with van der Waals surface area (Å²) < 4.78 is 42.8. The number of ether oxygens (including phenoxy) is 1. The van der Waals surface area contributed by atoms with Crippen LogP contribution in [0.3, 0.4) is 0 Å². The molecule has 142 valence electrons. The van der Waals surface area contributed by atoms with E-state index in [2.05, 4.69) is 5.32 Å². The Kier molecular flexibility index (Phi) is 5.17. The Morgan fingerprint density at radius 1 is 1.35 bits per heavy atom. The molecule has 0 aromatic heterocycles. The highest BCUT2D eigenvalue weighted by Gasteiger charge is 2.36. The van der Waals surface area contributed by atoms with Crippen LogP contribution in [0.4, 0.5) is 10.1 Å². The Balaban J connectivity index is 1.69. The molecule has 0 saturated carbocycles. The summed E-state index contributed by atoms with van der Waals surface area (Å²) in [7, 11) is -3.04. The molecule has 2 atom stereocenters. The van der Waals surface area contributed by atoms with Crippen molar-refractivity contribution in [2.24, 2.45) is 0 Å². The van der Waals surface area contributed by atoms with E-state index in [0.717, 1.165) is 0 Å². The second kappa shape index (κ2) is 7.22. The zero-order chi connectivity index (χ0) is 18.9. The lowest BCUT2D eigenvalue weighted by Gasteiger charge is -2.29. The maximum Gasteiger partial charge on any atom is 0.313 e. The summed E-state index contributed by atoms with van der Waals surface area (Å²) in [6.07, 6.45) is -0.0497. The van der Waals surface area contributed by atoms with Crippen LogP contribution in [0.2, 0.25) is 0 Å². The number of anilines is 1. The van der Waals surface area contributed by atoms with Gasteiger partial charge in [0.2, 0.25) is 5.91 Å². The Hall–Kier alpha value is -2.16. The smallest absolute Gasteiger partial charge is 0.313 e. The molecule has 3 rings (SSSR count). The fourth-order valence-corrected chi connectivity index (χ4v) is 4.46. The molecule has 9 heteroatoms. The second-order valence-corrected chi connectivity index (χ2v) is 8.94. The number of sulfone groups is 1. The largest absolute Gasteiger partial charge is 0.460 e. The summed E-state index contributed by atoms with van der Waals surface area (Å²) in [5.41, 5.74) is 0.857. The Morgan fingerprint density at radius 3 is 2.65 bits per heavy atom. The molecule has 7 nitrogen and oxygen atoms in total. The first-order valence-corrected chi connectivity index (χ1v) is 10.3. The summed E-state index contributed by atoms with van der Waals surface area (Å²) >= 11 is 0.